The second-order valence-electron chi connectivity index (χ2n) is 5.36. The molecule has 0 saturated carbocycles. The minimum absolute atomic E-state index is 0.0817. The first-order valence-corrected chi connectivity index (χ1v) is 8.13. The quantitative estimate of drug-likeness (QED) is 0.748. The van der Waals surface area contributed by atoms with Crippen LogP contribution in [0.1, 0.15) is 58.5 Å². The van der Waals surface area contributed by atoms with Crippen molar-refractivity contribution in [1.82, 2.24) is 19.3 Å². The summed E-state index contributed by atoms with van der Waals surface area (Å²) in [5, 5.41) is 4.61. The smallest absolute Gasteiger partial charge is 0.159 e. The normalized spacial score (nSPS) is 12.5. The Bertz CT molecular complexity index is 584. The third-order valence-electron chi connectivity index (χ3n) is 4.65. The molecule has 0 saturated heterocycles. The van der Waals surface area contributed by atoms with Crippen molar-refractivity contribution in [2.75, 3.05) is 0 Å². The summed E-state index contributed by atoms with van der Waals surface area (Å²) in [6.45, 7) is 11.7. The van der Waals surface area contributed by atoms with Gasteiger partial charge in [-0.2, -0.15) is 5.10 Å². The number of nitrogens with zero attached hydrogens (tertiary/aromatic N) is 4. The summed E-state index contributed by atoms with van der Waals surface area (Å²) in [7, 11) is 0. The molecule has 2 aromatic heterocycles. The molecule has 0 bridgehead atoms. The summed E-state index contributed by atoms with van der Waals surface area (Å²) >= 11 is 6.17. The molecule has 0 aliphatic rings. The lowest BCUT2D eigenvalue weighted by Gasteiger charge is -2.34. The summed E-state index contributed by atoms with van der Waals surface area (Å²) in [5.41, 5.74) is 3.20. The molecule has 112 valence electrons. The lowest BCUT2D eigenvalue weighted by molar-refractivity contribution is 0.249. The van der Waals surface area contributed by atoms with E-state index in [2.05, 4.69) is 42.0 Å². The molecule has 0 aliphatic heterocycles. The summed E-state index contributed by atoms with van der Waals surface area (Å²) in [4.78, 5) is 4.76. The van der Waals surface area contributed by atoms with Crippen LogP contribution in [0.25, 0.3) is 11.2 Å². The Morgan fingerprint density at radius 2 is 1.70 bits per heavy atom. The van der Waals surface area contributed by atoms with Gasteiger partial charge in [0, 0.05) is 12.1 Å². The maximum absolute atomic E-state index is 6.17. The molecule has 0 amide bonds. The number of halogens is 1. The maximum Gasteiger partial charge on any atom is 0.159 e. The van der Waals surface area contributed by atoms with Gasteiger partial charge >= 0.3 is 0 Å². The van der Waals surface area contributed by atoms with Gasteiger partial charge in [-0.3, -0.25) is 0 Å². The van der Waals surface area contributed by atoms with Crippen LogP contribution in [0.3, 0.4) is 0 Å². The third-order valence-corrected chi connectivity index (χ3v) is 4.89. The topological polar surface area (TPSA) is 35.6 Å². The van der Waals surface area contributed by atoms with E-state index >= 15 is 0 Å². The summed E-state index contributed by atoms with van der Waals surface area (Å²) < 4.78 is 4.42. The van der Waals surface area contributed by atoms with Crippen LogP contribution in [0, 0.1) is 6.92 Å². The lowest BCUT2D eigenvalue weighted by atomic mass is 9.89. The van der Waals surface area contributed by atoms with Crippen LogP contribution < -0.4 is 0 Å². The molecule has 5 heteroatoms. The second kappa shape index (κ2) is 5.76. The van der Waals surface area contributed by atoms with Crippen LogP contribution in [-0.4, -0.2) is 19.3 Å². The van der Waals surface area contributed by atoms with Gasteiger partial charge in [0.1, 0.15) is 11.3 Å². The van der Waals surface area contributed by atoms with E-state index in [1.807, 2.05) is 6.92 Å². The molecule has 0 N–H and O–H groups in total. The Labute approximate surface area is 126 Å². The number of aromatic nitrogens is 4. The first-order valence-electron chi connectivity index (χ1n) is 7.59. The number of hydrogen-bond donors (Lipinski definition) is 0. The highest BCUT2D eigenvalue weighted by Gasteiger charge is 2.32. The fraction of sp³-hybridized carbons (Fsp3) is 0.733. The molecular weight excluding hydrogens is 272 g/mol. The van der Waals surface area contributed by atoms with Gasteiger partial charge < -0.3 is 4.57 Å². The number of imidazole rings is 1. The molecule has 0 unspecified atom stereocenters. The fourth-order valence-corrected chi connectivity index (χ4v) is 3.43. The van der Waals surface area contributed by atoms with Crippen molar-refractivity contribution in [3.63, 3.8) is 0 Å². The van der Waals surface area contributed by atoms with E-state index < -0.39 is 0 Å². The Morgan fingerprint density at radius 1 is 1.10 bits per heavy atom. The van der Waals surface area contributed by atoms with Crippen molar-refractivity contribution in [2.45, 2.75) is 71.8 Å². The van der Waals surface area contributed by atoms with Gasteiger partial charge in [-0.15, -0.1) is 11.6 Å². The van der Waals surface area contributed by atoms with Gasteiger partial charge in [-0.05, 0) is 33.1 Å². The first-order chi connectivity index (χ1) is 9.58. The molecule has 20 heavy (non-hydrogen) atoms. The van der Waals surface area contributed by atoms with Gasteiger partial charge in [0.15, 0.2) is 5.65 Å². The third kappa shape index (κ3) is 2.05. The van der Waals surface area contributed by atoms with Gasteiger partial charge in [0.2, 0.25) is 0 Å². The van der Waals surface area contributed by atoms with Crippen LogP contribution >= 0.6 is 11.6 Å². The highest BCUT2D eigenvalue weighted by molar-refractivity contribution is 6.16. The van der Waals surface area contributed by atoms with Crippen molar-refractivity contribution in [3.05, 3.63) is 11.5 Å². The van der Waals surface area contributed by atoms with Gasteiger partial charge in [0.05, 0.1) is 11.6 Å². The van der Waals surface area contributed by atoms with Crippen LogP contribution in [0.5, 0.6) is 0 Å². The number of rotatable bonds is 6. The van der Waals surface area contributed by atoms with Crippen LogP contribution in [0.2, 0.25) is 0 Å². The van der Waals surface area contributed by atoms with Crippen LogP contribution in [0.15, 0.2) is 0 Å². The molecule has 2 aromatic rings. The molecule has 0 fully saturated rings. The Kier molecular flexibility index (Phi) is 4.43. The summed E-state index contributed by atoms with van der Waals surface area (Å²) in [6, 6.07) is 0. The van der Waals surface area contributed by atoms with Gasteiger partial charge in [-0.25, -0.2) is 9.67 Å². The average Bonchev–Trinajstić information content (AvgIpc) is 3.00. The summed E-state index contributed by atoms with van der Waals surface area (Å²) in [6.07, 6.45) is 3.22. The van der Waals surface area contributed by atoms with Crippen molar-refractivity contribution < 1.29 is 0 Å². The Hall–Kier alpha value is -1.03. The minimum atomic E-state index is 0.0817. The monoisotopic (exact) mass is 296 g/mol. The van der Waals surface area contributed by atoms with Crippen molar-refractivity contribution >= 4 is 22.8 Å². The average molecular weight is 297 g/mol. The predicted octanol–water partition coefficient (Wildman–Crippen LogP) is 4.23. The zero-order valence-corrected chi connectivity index (χ0v) is 14.0. The number of fused-ring (bicyclic) bond motifs is 1. The van der Waals surface area contributed by atoms with Gasteiger partial charge in [0.25, 0.3) is 0 Å². The van der Waals surface area contributed by atoms with Crippen molar-refractivity contribution in [3.8, 4) is 0 Å². The molecule has 0 spiro atoms. The molecule has 0 atom stereocenters. The Morgan fingerprint density at radius 3 is 2.15 bits per heavy atom. The highest BCUT2D eigenvalue weighted by Crippen LogP contribution is 2.35. The molecule has 0 aromatic carbocycles. The van der Waals surface area contributed by atoms with Crippen LogP contribution in [0.4, 0.5) is 0 Å². The second-order valence-corrected chi connectivity index (χ2v) is 5.62. The molecule has 0 aliphatic carbocycles. The zero-order valence-electron chi connectivity index (χ0n) is 13.2. The fourth-order valence-electron chi connectivity index (χ4n) is 3.25. The van der Waals surface area contributed by atoms with Gasteiger partial charge in [-0.1, -0.05) is 20.8 Å². The Balaban J connectivity index is 2.84. The highest BCUT2D eigenvalue weighted by atomic mass is 35.5. The van der Waals surface area contributed by atoms with Crippen molar-refractivity contribution in [1.29, 1.82) is 0 Å². The lowest BCUT2D eigenvalue weighted by Crippen LogP contribution is -2.33. The van der Waals surface area contributed by atoms with E-state index in [-0.39, 0.29) is 5.54 Å². The molecule has 2 rings (SSSR count). The number of aryl methyl sites for hydroxylation is 2. The number of alkyl halides is 1. The van der Waals surface area contributed by atoms with E-state index in [1.165, 1.54) is 0 Å². The summed E-state index contributed by atoms with van der Waals surface area (Å²) in [5.74, 6) is 1.41. The molecular formula is C15H25ClN4. The van der Waals surface area contributed by atoms with Crippen LogP contribution in [-0.2, 0) is 18.0 Å². The van der Waals surface area contributed by atoms with E-state index in [1.54, 1.807) is 0 Å². The zero-order chi connectivity index (χ0) is 14.9. The van der Waals surface area contributed by atoms with E-state index in [0.29, 0.717) is 5.88 Å². The standard InChI is InChI=1S/C15H25ClN4/c1-6-15(7-2,8-3)20-12(10-16)17-13-11(5)18-19(9-4)14(13)20/h6-10H2,1-5H3. The molecule has 4 nitrogen and oxygen atoms in total. The van der Waals surface area contributed by atoms with E-state index in [0.717, 1.165) is 48.5 Å². The van der Waals surface area contributed by atoms with E-state index in [4.69, 9.17) is 16.6 Å². The minimum Gasteiger partial charge on any atom is -0.306 e. The SMILES string of the molecule is CCn1nc(C)c2nc(CCl)n(C(CC)(CC)CC)c21. The molecule has 0 radical (unpaired) electrons. The van der Waals surface area contributed by atoms with E-state index in [9.17, 15) is 0 Å². The first kappa shape index (κ1) is 15.4. The largest absolute Gasteiger partial charge is 0.306 e. The maximum atomic E-state index is 6.17. The predicted molar refractivity (Wildman–Crippen MR) is 84.3 cm³/mol. The molecule has 2 heterocycles. The number of hydrogen-bond acceptors (Lipinski definition) is 2. The van der Waals surface area contributed by atoms with Crippen molar-refractivity contribution in [2.24, 2.45) is 0 Å².